The van der Waals surface area contributed by atoms with E-state index < -0.39 is 11.4 Å². The van der Waals surface area contributed by atoms with Crippen LogP contribution in [-0.2, 0) is 5.41 Å². The lowest BCUT2D eigenvalue weighted by Gasteiger charge is -2.14. The van der Waals surface area contributed by atoms with Gasteiger partial charge in [0, 0.05) is 12.4 Å². The average Bonchev–Trinajstić information content (AvgIpc) is 2.39. The van der Waals surface area contributed by atoms with Crippen molar-refractivity contribution in [2.75, 3.05) is 0 Å². The molecule has 0 aliphatic carbocycles. The predicted octanol–water partition coefficient (Wildman–Crippen LogP) is 3.72. The van der Waals surface area contributed by atoms with Crippen LogP contribution in [-0.4, -0.2) is 9.97 Å². The largest absolute Gasteiger partial charge is 0.260 e. The highest BCUT2D eigenvalue weighted by molar-refractivity contribution is 5.26. The van der Waals surface area contributed by atoms with Crippen molar-refractivity contribution in [3.05, 3.63) is 59.4 Å². The molecule has 0 unspecified atom stereocenters. The van der Waals surface area contributed by atoms with E-state index in [-0.39, 0.29) is 0 Å². The van der Waals surface area contributed by atoms with Crippen LogP contribution in [0.3, 0.4) is 0 Å². The first-order valence-electron chi connectivity index (χ1n) is 6.27. The van der Waals surface area contributed by atoms with Gasteiger partial charge in [-0.3, -0.25) is 4.98 Å². The van der Waals surface area contributed by atoms with Gasteiger partial charge < -0.3 is 0 Å². The molecule has 0 N–H and O–H groups in total. The van der Waals surface area contributed by atoms with Crippen LogP contribution in [0, 0.1) is 31.1 Å². The van der Waals surface area contributed by atoms with E-state index in [1.165, 1.54) is 12.3 Å². The van der Waals surface area contributed by atoms with Gasteiger partial charge in [-0.25, -0.2) is 4.98 Å². The first kappa shape index (κ1) is 15.8. The third-order valence-electron chi connectivity index (χ3n) is 2.72. The molecule has 2 rings (SSSR count). The third-order valence-corrected chi connectivity index (χ3v) is 2.72. The summed E-state index contributed by atoms with van der Waals surface area (Å²) in [5.41, 5.74) is 2.40. The summed E-state index contributed by atoms with van der Waals surface area (Å²) in [5, 5.41) is 8.85. The topological polar surface area (TPSA) is 49.6 Å². The maximum absolute atomic E-state index is 12.1. The third kappa shape index (κ3) is 4.77. The number of pyridine rings is 2. The van der Waals surface area contributed by atoms with Crippen molar-refractivity contribution in [3.8, 4) is 6.07 Å². The Hall–Kier alpha value is -2.28. The van der Waals surface area contributed by atoms with Gasteiger partial charge in [0.25, 0.3) is 0 Å². The van der Waals surface area contributed by atoms with Gasteiger partial charge in [0.05, 0.1) is 17.2 Å². The lowest BCUT2D eigenvalue weighted by atomic mass is 9.90. The molecule has 0 bridgehead atoms. The van der Waals surface area contributed by atoms with E-state index in [0.717, 1.165) is 16.8 Å². The van der Waals surface area contributed by atoms with E-state index in [1.54, 1.807) is 12.3 Å². The number of hydrogen-bond acceptors (Lipinski definition) is 3. The van der Waals surface area contributed by atoms with Crippen molar-refractivity contribution in [3.63, 3.8) is 0 Å². The molecule has 4 heteroatoms. The minimum Gasteiger partial charge on any atom is -0.260 e. The minimum absolute atomic E-state index is 0.412. The molecule has 0 aromatic carbocycles. The number of nitrogens with zero attached hydrogens (tertiary/aromatic N) is 3. The van der Waals surface area contributed by atoms with Crippen molar-refractivity contribution in [2.24, 2.45) is 0 Å². The number of hydrogen-bond donors (Lipinski definition) is 0. The zero-order valence-electron chi connectivity index (χ0n) is 12.2. The summed E-state index contributed by atoms with van der Waals surface area (Å²) in [6.07, 6.45) is 3.19. The van der Waals surface area contributed by atoms with Crippen molar-refractivity contribution < 1.29 is 4.39 Å². The summed E-state index contributed by atoms with van der Waals surface area (Å²) in [7, 11) is 0. The molecule has 20 heavy (non-hydrogen) atoms. The normalized spacial score (nSPS) is 10.2. The SMILES string of the molecule is Cc1ccnc(C(C)(C)C#N)c1.Cc1ccnc(F)c1. The smallest absolute Gasteiger partial charge is 0.213 e. The summed E-state index contributed by atoms with van der Waals surface area (Å²) in [4.78, 5) is 7.53. The van der Waals surface area contributed by atoms with Gasteiger partial charge in [0.1, 0.15) is 0 Å². The first-order valence-corrected chi connectivity index (χ1v) is 6.27. The van der Waals surface area contributed by atoms with Gasteiger partial charge in [-0.2, -0.15) is 9.65 Å². The van der Waals surface area contributed by atoms with Crippen LogP contribution < -0.4 is 0 Å². The van der Waals surface area contributed by atoms with E-state index >= 15 is 0 Å². The molecule has 2 aromatic rings. The van der Waals surface area contributed by atoms with E-state index in [2.05, 4.69) is 16.0 Å². The molecular weight excluding hydrogens is 253 g/mol. The van der Waals surface area contributed by atoms with Gasteiger partial charge in [-0.1, -0.05) is 0 Å². The number of nitriles is 1. The highest BCUT2D eigenvalue weighted by atomic mass is 19.1. The fourth-order valence-corrected chi connectivity index (χ4v) is 1.43. The van der Waals surface area contributed by atoms with E-state index in [0.29, 0.717) is 0 Å². The Kier molecular flexibility index (Phi) is 5.33. The summed E-state index contributed by atoms with van der Waals surface area (Å²) >= 11 is 0. The maximum Gasteiger partial charge on any atom is 0.213 e. The fourth-order valence-electron chi connectivity index (χ4n) is 1.43. The van der Waals surface area contributed by atoms with Crippen LogP contribution in [0.2, 0.25) is 0 Å². The number of aromatic nitrogens is 2. The Morgan fingerprint density at radius 3 is 2.00 bits per heavy atom. The van der Waals surface area contributed by atoms with Gasteiger partial charge in [0.2, 0.25) is 5.95 Å². The molecule has 0 saturated carbocycles. The summed E-state index contributed by atoms with van der Waals surface area (Å²) in [6.45, 7) is 7.56. The second-order valence-corrected chi connectivity index (χ2v) is 5.11. The molecule has 0 amide bonds. The standard InChI is InChI=1S/C10H12N2.C6H6FN/c1-8-4-5-12-9(6-8)10(2,3)7-11;1-5-2-3-8-6(7)4-5/h4-6H,1-3H3;2-4H,1H3. The Bertz CT molecular complexity index is 598. The molecule has 3 nitrogen and oxygen atoms in total. The maximum atomic E-state index is 12.1. The highest BCUT2D eigenvalue weighted by Gasteiger charge is 2.20. The monoisotopic (exact) mass is 271 g/mol. The zero-order valence-corrected chi connectivity index (χ0v) is 12.2. The van der Waals surface area contributed by atoms with Gasteiger partial charge in [-0.05, 0) is 63.1 Å². The van der Waals surface area contributed by atoms with Gasteiger partial charge >= 0.3 is 0 Å². The molecular formula is C16H18FN3. The van der Waals surface area contributed by atoms with E-state index in [1.807, 2.05) is 39.8 Å². The van der Waals surface area contributed by atoms with E-state index in [4.69, 9.17) is 5.26 Å². The molecule has 0 aliphatic heterocycles. The highest BCUT2D eigenvalue weighted by Crippen LogP contribution is 2.19. The van der Waals surface area contributed by atoms with Crippen LogP contribution in [0.4, 0.5) is 4.39 Å². The number of rotatable bonds is 1. The van der Waals surface area contributed by atoms with Crippen LogP contribution in [0.5, 0.6) is 0 Å². The quantitative estimate of drug-likeness (QED) is 0.743. The molecule has 0 radical (unpaired) electrons. The first-order chi connectivity index (χ1) is 9.35. The van der Waals surface area contributed by atoms with Gasteiger partial charge in [-0.15, -0.1) is 0 Å². The number of halogens is 1. The second-order valence-electron chi connectivity index (χ2n) is 5.11. The second kappa shape index (κ2) is 6.76. The molecule has 0 atom stereocenters. The van der Waals surface area contributed by atoms with E-state index in [9.17, 15) is 4.39 Å². The zero-order chi connectivity index (χ0) is 15.2. The summed E-state index contributed by atoms with van der Waals surface area (Å²) in [6, 6.07) is 9.24. The Morgan fingerprint density at radius 2 is 1.60 bits per heavy atom. The average molecular weight is 271 g/mol. The minimum atomic E-state index is -0.480. The molecule has 0 spiro atoms. The Morgan fingerprint density at radius 1 is 1.05 bits per heavy atom. The lowest BCUT2D eigenvalue weighted by Crippen LogP contribution is -2.15. The van der Waals surface area contributed by atoms with Crippen molar-refractivity contribution in [1.82, 2.24) is 9.97 Å². The Labute approximate surface area is 119 Å². The van der Waals surface area contributed by atoms with Crippen molar-refractivity contribution >= 4 is 0 Å². The molecule has 0 fully saturated rings. The summed E-state index contributed by atoms with van der Waals surface area (Å²) in [5.74, 6) is -0.412. The summed E-state index contributed by atoms with van der Waals surface area (Å²) < 4.78 is 12.1. The predicted molar refractivity (Wildman–Crippen MR) is 76.5 cm³/mol. The van der Waals surface area contributed by atoms with Gasteiger partial charge in [0.15, 0.2) is 0 Å². The Balaban J connectivity index is 0.000000217. The molecule has 104 valence electrons. The molecule has 0 saturated heterocycles. The molecule has 2 heterocycles. The lowest BCUT2D eigenvalue weighted by molar-refractivity contribution is 0.582. The van der Waals surface area contributed by atoms with Crippen LogP contribution in [0.15, 0.2) is 36.7 Å². The molecule has 0 aliphatic rings. The fraction of sp³-hybridized carbons (Fsp3) is 0.312. The van der Waals surface area contributed by atoms with Crippen molar-refractivity contribution in [2.45, 2.75) is 33.1 Å². The number of aryl methyl sites for hydroxylation is 2. The van der Waals surface area contributed by atoms with Crippen LogP contribution in [0.1, 0.15) is 30.7 Å². The molecule has 2 aromatic heterocycles. The van der Waals surface area contributed by atoms with Crippen LogP contribution in [0.25, 0.3) is 0 Å². The van der Waals surface area contributed by atoms with Crippen LogP contribution >= 0.6 is 0 Å². The van der Waals surface area contributed by atoms with Crippen molar-refractivity contribution in [1.29, 1.82) is 5.26 Å².